The van der Waals surface area contributed by atoms with E-state index in [1.54, 1.807) is 20.8 Å². The minimum Gasteiger partial charge on any atom is -0.456 e. The van der Waals surface area contributed by atoms with E-state index in [1.807, 2.05) is 0 Å². The monoisotopic (exact) mass is 273 g/mol. The molecule has 0 spiro atoms. The largest absolute Gasteiger partial charge is 0.586 e. The first kappa shape index (κ1) is 13.4. The van der Waals surface area contributed by atoms with Crippen molar-refractivity contribution in [3.05, 3.63) is 17.7 Å². The first-order valence-electron chi connectivity index (χ1n) is 5.51. The Balaban J connectivity index is 2.43. The molecule has 1 aliphatic heterocycles. The fraction of sp³-hybridized carbons (Fsp3) is 0.417. The van der Waals surface area contributed by atoms with Gasteiger partial charge in [0, 0.05) is 0 Å². The first-order chi connectivity index (χ1) is 8.59. The Bertz CT molecular complexity index is 537. The second kappa shape index (κ2) is 3.97. The van der Waals surface area contributed by atoms with Gasteiger partial charge in [0.15, 0.2) is 11.5 Å². The van der Waals surface area contributed by atoms with Crippen LogP contribution in [0.25, 0.3) is 0 Å². The van der Waals surface area contributed by atoms with E-state index in [4.69, 9.17) is 10.5 Å². The minimum atomic E-state index is -3.81. The Hall–Kier alpha value is -2.05. The minimum absolute atomic E-state index is 0.0192. The summed E-state index contributed by atoms with van der Waals surface area (Å²) in [6.45, 7) is 4.95. The second-order valence-corrected chi connectivity index (χ2v) is 5.03. The fourth-order valence-corrected chi connectivity index (χ4v) is 1.57. The van der Waals surface area contributed by atoms with Crippen LogP contribution in [0.3, 0.4) is 0 Å². The topological polar surface area (TPSA) is 70.8 Å². The lowest BCUT2D eigenvalue weighted by Crippen LogP contribution is -2.27. The van der Waals surface area contributed by atoms with Crippen LogP contribution in [0.2, 0.25) is 0 Å². The SMILES string of the molecule is CC(C)(C)OC(=O)c1c(N)ccc2c1OC(F)(F)O2. The molecule has 0 unspecified atom stereocenters. The molecule has 19 heavy (non-hydrogen) atoms. The molecule has 0 saturated carbocycles. The van der Waals surface area contributed by atoms with Crippen molar-refractivity contribution in [2.45, 2.75) is 32.7 Å². The molecular formula is C12H13F2NO4. The van der Waals surface area contributed by atoms with Crippen molar-refractivity contribution in [1.82, 2.24) is 0 Å². The number of fused-ring (bicyclic) bond motifs is 1. The van der Waals surface area contributed by atoms with Crippen LogP contribution in [0.1, 0.15) is 31.1 Å². The van der Waals surface area contributed by atoms with Crippen molar-refractivity contribution >= 4 is 11.7 Å². The summed E-state index contributed by atoms with van der Waals surface area (Å²) >= 11 is 0. The number of nitrogen functional groups attached to an aromatic ring is 1. The van der Waals surface area contributed by atoms with Gasteiger partial charge in [-0.05, 0) is 32.9 Å². The predicted octanol–water partition coefficient (Wildman–Crippen LogP) is 2.55. The first-order valence-corrected chi connectivity index (χ1v) is 5.51. The second-order valence-electron chi connectivity index (χ2n) is 5.03. The number of nitrogens with two attached hydrogens (primary N) is 1. The Labute approximate surface area is 108 Å². The smallest absolute Gasteiger partial charge is 0.456 e. The lowest BCUT2D eigenvalue weighted by molar-refractivity contribution is -0.286. The van der Waals surface area contributed by atoms with E-state index in [0.717, 1.165) is 0 Å². The number of ether oxygens (including phenoxy) is 3. The molecular weight excluding hydrogens is 260 g/mol. The summed E-state index contributed by atoms with van der Waals surface area (Å²) in [5.74, 6) is -1.50. The summed E-state index contributed by atoms with van der Waals surface area (Å²) in [6.07, 6.45) is -3.81. The molecule has 7 heteroatoms. The number of benzene rings is 1. The van der Waals surface area contributed by atoms with E-state index in [1.165, 1.54) is 12.1 Å². The quantitative estimate of drug-likeness (QED) is 0.629. The highest BCUT2D eigenvalue weighted by atomic mass is 19.3. The standard InChI is InChI=1S/C12H13F2NO4/c1-11(2,3)19-10(16)8-6(15)4-5-7-9(8)18-12(13,14)17-7/h4-5H,15H2,1-3H3. The van der Waals surface area contributed by atoms with Gasteiger partial charge < -0.3 is 19.9 Å². The Morgan fingerprint density at radius 1 is 1.32 bits per heavy atom. The molecule has 5 nitrogen and oxygen atoms in total. The van der Waals surface area contributed by atoms with E-state index in [9.17, 15) is 13.6 Å². The molecule has 0 amide bonds. The molecule has 0 aliphatic carbocycles. The van der Waals surface area contributed by atoms with Gasteiger partial charge in [-0.2, -0.15) is 0 Å². The summed E-state index contributed by atoms with van der Waals surface area (Å²) in [6, 6.07) is 2.49. The molecule has 1 aromatic carbocycles. The fourth-order valence-electron chi connectivity index (χ4n) is 1.57. The highest BCUT2D eigenvalue weighted by Gasteiger charge is 2.46. The maximum absolute atomic E-state index is 13.0. The maximum atomic E-state index is 13.0. The third-order valence-electron chi connectivity index (χ3n) is 2.21. The van der Waals surface area contributed by atoms with Gasteiger partial charge in [0.2, 0.25) is 0 Å². The van der Waals surface area contributed by atoms with Crippen molar-refractivity contribution in [1.29, 1.82) is 0 Å². The van der Waals surface area contributed by atoms with E-state index in [0.29, 0.717) is 0 Å². The van der Waals surface area contributed by atoms with Crippen LogP contribution in [0, 0.1) is 0 Å². The number of hydrogen-bond acceptors (Lipinski definition) is 5. The molecule has 1 heterocycles. The van der Waals surface area contributed by atoms with Gasteiger partial charge in [-0.3, -0.25) is 0 Å². The summed E-state index contributed by atoms with van der Waals surface area (Å²) < 4.78 is 39.7. The lowest BCUT2D eigenvalue weighted by Gasteiger charge is -2.20. The van der Waals surface area contributed by atoms with Gasteiger partial charge in [-0.1, -0.05) is 0 Å². The Kier molecular flexibility index (Phi) is 2.80. The number of anilines is 1. The molecule has 2 rings (SSSR count). The molecule has 0 fully saturated rings. The van der Waals surface area contributed by atoms with Crippen LogP contribution in [0.5, 0.6) is 11.5 Å². The van der Waals surface area contributed by atoms with Crippen LogP contribution < -0.4 is 15.2 Å². The normalized spacial score (nSPS) is 16.3. The highest BCUT2D eigenvalue weighted by Crippen LogP contribution is 2.45. The highest BCUT2D eigenvalue weighted by molar-refractivity contribution is 5.99. The number of alkyl halides is 2. The van der Waals surface area contributed by atoms with Crippen molar-refractivity contribution in [2.75, 3.05) is 5.73 Å². The summed E-state index contributed by atoms with van der Waals surface area (Å²) in [5, 5.41) is 0. The molecule has 0 saturated heterocycles. The Morgan fingerprint density at radius 2 is 1.95 bits per heavy atom. The van der Waals surface area contributed by atoms with Crippen molar-refractivity contribution in [2.24, 2.45) is 0 Å². The van der Waals surface area contributed by atoms with Crippen LogP contribution in [0.4, 0.5) is 14.5 Å². The molecule has 0 atom stereocenters. The molecule has 0 aromatic heterocycles. The number of halogens is 2. The summed E-state index contributed by atoms with van der Waals surface area (Å²) in [7, 11) is 0. The van der Waals surface area contributed by atoms with Crippen molar-refractivity contribution < 1.29 is 27.8 Å². The molecule has 2 N–H and O–H groups in total. The average molecular weight is 273 g/mol. The van der Waals surface area contributed by atoms with Gasteiger partial charge in [-0.15, -0.1) is 8.78 Å². The number of hydrogen-bond donors (Lipinski definition) is 1. The van der Waals surface area contributed by atoms with E-state index in [-0.39, 0.29) is 17.0 Å². The van der Waals surface area contributed by atoms with Crippen LogP contribution >= 0.6 is 0 Å². The maximum Gasteiger partial charge on any atom is 0.586 e. The molecule has 104 valence electrons. The molecule has 0 radical (unpaired) electrons. The third-order valence-corrected chi connectivity index (χ3v) is 2.21. The Morgan fingerprint density at radius 3 is 2.53 bits per heavy atom. The van der Waals surface area contributed by atoms with Crippen LogP contribution in [-0.2, 0) is 4.74 Å². The number of esters is 1. The zero-order valence-corrected chi connectivity index (χ0v) is 10.6. The van der Waals surface area contributed by atoms with Crippen LogP contribution in [-0.4, -0.2) is 17.9 Å². The van der Waals surface area contributed by atoms with Crippen LogP contribution in [0.15, 0.2) is 12.1 Å². The van der Waals surface area contributed by atoms with Gasteiger partial charge in [-0.25, -0.2) is 4.79 Å². The summed E-state index contributed by atoms with van der Waals surface area (Å²) in [5.41, 5.74) is 4.56. The number of carbonyl (C=O) groups is 1. The van der Waals surface area contributed by atoms with E-state index < -0.39 is 23.6 Å². The predicted molar refractivity (Wildman–Crippen MR) is 62.2 cm³/mol. The zero-order valence-electron chi connectivity index (χ0n) is 10.6. The summed E-state index contributed by atoms with van der Waals surface area (Å²) in [4.78, 5) is 12.0. The average Bonchev–Trinajstić information content (AvgIpc) is 2.48. The molecule has 1 aromatic rings. The zero-order chi connectivity index (χ0) is 14.4. The van der Waals surface area contributed by atoms with Gasteiger partial charge in [0.25, 0.3) is 0 Å². The number of carbonyl (C=O) groups excluding carboxylic acids is 1. The van der Waals surface area contributed by atoms with Crippen molar-refractivity contribution in [3.8, 4) is 11.5 Å². The van der Waals surface area contributed by atoms with Gasteiger partial charge in [0.05, 0.1) is 5.69 Å². The third kappa shape index (κ3) is 2.69. The lowest BCUT2D eigenvalue weighted by atomic mass is 10.1. The van der Waals surface area contributed by atoms with Gasteiger partial charge >= 0.3 is 12.3 Å². The number of rotatable bonds is 1. The van der Waals surface area contributed by atoms with Crippen molar-refractivity contribution in [3.63, 3.8) is 0 Å². The molecule has 0 bridgehead atoms. The van der Waals surface area contributed by atoms with E-state index >= 15 is 0 Å². The molecule has 1 aliphatic rings. The van der Waals surface area contributed by atoms with Gasteiger partial charge in [0.1, 0.15) is 11.2 Å². The van der Waals surface area contributed by atoms with E-state index in [2.05, 4.69) is 9.47 Å².